The highest BCUT2D eigenvalue weighted by Gasteiger charge is 2.45. The lowest BCUT2D eigenvalue weighted by Crippen LogP contribution is -2.45. The minimum Gasteiger partial charge on any atom is -0.466 e. The number of ether oxygens (including phenoxy) is 1. The minimum atomic E-state index is -0.460. The fourth-order valence-electron chi connectivity index (χ4n) is 4.41. The Balaban J connectivity index is 1.40. The molecule has 2 aromatic heterocycles. The molecule has 1 aromatic carbocycles. The minimum absolute atomic E-state index is 0.0263. The molecule has 150 valence electrons. The second-order valence-corrected chi connectivity index (χ2v) is 7.93. The van der Waals surface area contributed by atoms with Gasteiger partial charge in [-0.3, -0.25) is 4.79 Å². The molecule has 6 nitrogen and oxygen atoms in total. The highest BCUT2D eigenvalue weighted by molar-refractivity contribution is 5.95. The van der Waals surface area contributed by atoms with E-state index in [0.29, 0.717) is 37.6 Å². The van der Waals surface area contributed by atoms with Gasteiger partial charge in [-0.05, 0) is 38.5 Å². The number of amides is 1. The number of likely N-dealkylation sites (tertiary alicyclic amines) is 1. The molecule has 1 saturated heterocycles. The SMILES string of the molecule is Cc1cc(C(=O)N2CC[C@]3(C2)Cn2c(-c4cccc(F)c4)cnc2CO3)c(C)o1. The molecule has 7 heteroatoms. The maximum absolute atomic E-state index is 13.7. The number of fused-ring (bicyclic) bond motifs is 1. The second kappa shape index (κ2) is 6.56. The zero-order chi connectivity index (χ0) is 20.2. The van der Waals surface area contributed by atoms with Crippen molar-refractivity contribution in [1.82, 2.24) is 14.5 Å². The van der Waals surface area contributed by atoms with Crippen LogP contribution in [0.1, 0.15) is 34.1 Å². The van der Waals surface area contributed by atoms with Gasteiger partial charge in [-0.25, -0.2) is 9.37 Å². The molecule has 0 N–H and O–H groups in total. The van der Waals surface area contributed by atoms with E-state index in [1.807, 2.05) is 24.8 Å². The maximum Gasteiger partial charge on any atom is 0.257 e. The van der Waals surface area contributed by atoms with Crippen molar-refractivity contribution in [3.63, 3.8) is 0 Å². The van der Waals surface area contributed by atoms with Gasteiger partial charge in [0.25, 0.3) is 5.91 Å². The summed E-state index contributed by atoms with van der Waals surface area (Å²) in [5.41, 5.74) is 1.81. The first kappa shape index (κ1) is 18.1. The molecule has 0 bridgehead atoms. The van der Waals surface area contributed by atoms with Gasteiger partial charge in [-0.15, -0.1) is 0 Å². The van der Waals surface area contributed by atoms with Gasteiger partial charge in [-0.1, -0.05) is 12.1 Å². The third-order valence-corrected chi connectivity index (χ3v) is 5.89. The number of hydrogen-bond donors (Lipinski definition) is 0. The number of imidazole rings is 1. The predicted molar refractivity (Wildman–Crippen MR) is 104 cm³/mol. The highest BCUT2D eigenvalue weighted by Crippen LogP contribution is 2.36. The van der Waals surface area contributed by atoms with E-state index in [9.17, 15) is 9.18 Å². The lowest BCUT2D eigenvalue weighted by Gasteiger charge is -2.35. The molecule has 0 aliphatic carbocycles. The van der Waals surface area contributed by atoms with Crippen LogP contribution in [0.2, 0.25) is 0 Å². The number of rotatable bonds is 2. The Bertz CT molecular complexity index is 1100. The standard InChI is InChI=1S/C22H22FN3O3/c1-14-8-18(15(2)29-14)21(27)25-7-6-22(12-25)13-26-19(10-24-20(26)11-28-22)16-4-3-5-17(23)9-16/h3-5,8-10H,6-7,11-13H2,1-2H3/t22-/m0/s1. The Labute approximate surface area is 167 Å². The van der Waals surface area contributed by atoms with Gasteiger partial charge < -0.3 is 18.6 Å². The normalized spacial score (nSPS) is 21.0. The number of nitrogens with zero attached hydrogens (tertiary/aromatic N) is 3. The lowest BCUT2D eigenvalue weighted by molar-refractivity contribution is -0.0804. The van der Waals surface area contributed by atoms with Crippen molar-refractivity contribution in [3.05, 3.63) is 65.3 Å². The highest BCUT2D eigenvalue weighted by atomic mass is 19.1. The fraction of sp³-hybridized carbons (Fsp3) is 0.364. The van der Waals surface area contributed by atoms with Gasteiger partial charge in [0.05, 0.1) is 30.5 Å². The molecule has 2 aliphatic rings. The van der Waals surface area contributed by atoms with E-state index in [1.165, 1.54) is 12.1 Å². The first-order valence-electron chi connectivity index (χ1n) is 9.75. The summed E-state index contributed by atoms with van der Waals surface area (Å²) in [5, 5.41) is 0. The Morgan fingerprint density at radius 1 is 1.24 bits per heavy atom. The van der Waals surface area contributed by atoms with Crippen LogP contribution in [-0.2, 0) is 17.9 Å². The van der Waals surface area contributed by atoms with Crippen LogP contribution in [0.4, 0.5) is 4.39 Å². The molecule has 1 amide bonds. The third kappa shape index (κ3) is 3.06. The predicted octanol–water partition coefficient (Wildman–Crippen LogP) is 3.71. The van der Waals surface area contributed by atoms with Crippen LogP contribution in [0.5, 0.6) is 0 Å². The molecule has 0 unspecified atom stereocenters. The summed E-state index contributed by atoms with van der Waals surface area (Å²) in [6, 6.07) is 8.32. The number of aromatic nitrogens is 2. The smallest absolute Gasteiger partial charge is 0.257 e. The first-order valence-corrected chi connectivity index (χ1v) is 9.75. The molecule has 29 heavy (non-hydrogen) atoms. The Kier molecular flexibility index (Phi) is 4.10. The van der Waals surface area contributed by atoms with Gasteiger partial charge >= 0.3 is 0 Å². The zero-order valence-corrected chi connectivity index (χ0v) is 16.4. The van der Waals surface area contributed by atoms with Crippen LogP contribution >= 0.6 is 0 Å². The van der Waals surface area contributed by atoms with Crippen LogP contribution in [0, 0.1) is 19.7 Å². The van der Waals surface area contributed by atoms with Crippen molar-refractivity contribution in [3.8, 4) is 11.3 Å². The molecule has 3 aromatic rings. The van der Waals surface area contributed by atoms with Gasteiger partial charge in [0.2, 0.25) is 0 Å². The molecule has 1 fully saturated rings. The summed E-state index contributed by atoms with van der Waals surface area (Å²) in [4.78, 5) is 19.3. The molecule has 0 radical (unpaired) electrons. The van der Waals surface area contributed by atoms with E-state index in [2.05, 4.69) is 9.55 Å². The van der Waals surface area contributed by atoms with E-state index < -0.39 is 5.60 Å². The molecular weight excluding hydrogens is 373 g/mol. The molecule has 2 aliphatic heterocycles. The average Bonchev–Trinajstić information content (AvgIpc) is 3.38. The number of carbonyl (C=O) groups excluding carboxylic acids is 1. The number of carbonyl (C=O) groups is 1. The van der Waals surface area contributed by atoms with Gasteiger partial charge in [-0.2, -0.15) is 0 Å². The summed E-state index contributed by atoms with van der Waals surface area (Å²) in [7, 11) is 0. The lowest BCUT2D eigenvalue weighted by atomic mass is 10.0. The Hall–Kier alpha value is -2.93. The first-order chi connectivity index (χ1) is 13.9. The second-order valence-electron chi connectivity index (χ2n) is 7.93. The number of halogens is 1. The van der Waals surface area contributed by atoms with Crippen LogP contribution in [0.3, 0.4) is 0 Å². The molecule has 5 rings (SSSR count). The average molecular weight is 395 g/mol. The summed E-state index contributed by atoms with van der Waals surface area (Å²) in [6.45, 7) is 5.75. The van der Waals surface area contributed by atoms with E-state index in [0.717, 1.165) is 29.3 Å². The number of aryl methyl sites for hydroxylation is 2. The molecule has 1 spiro atoms. The Morgan fingerprint density at radius 3 is 2.86 bits per heavy atom. The van der Waals surface area contributed by atoms with Gasteiger partial charge in [0.15, 0.2) is 0 Å². The summed E-state index contributed by atoms with van der Waals surface area (Å²) in [6.07, 6.45) is 2.51. The summed E-state index contributed by atoms with van der Waals surface area (Å²) < 4.78 is 27.5. The van der Waals surface area contributed by atoms with E-state index >= 15 is 0 Å². The molecule has 1 atom stereocenters. The molecular formula is C22H22FN3O3. The number of benzene rings is 1. The van der Waals surface area contributed by atoms with Crippen LogP contribution in [0.15, 0.2) is 40.9 Å². The van der Waals surface area contributed by atoms with Crippen molar-refractivity contribution in [2.75, 3.05) is 13.1 Å². The van der Waals surface area contributed by atoms with Crippen molar-refractivity contribution in [2.24, 2.45) is 0 Å². The topological polar surface area (TPSA) is 60.5 Å². The largest absolute Gasteiger partial charge is 0.466 e. The van der Waals surface area contributed by atoms with E-state index in [1.54, 1.807) is 18.3 Å². The monoisotopic (exact) mass is 395 g/mol. The number of furan rings is 1. The Morgan fingerprint density at radius 2 is 2.10 bits per heavy atom. The van der Waals surface area contributed by atoms with E-state index in [-0.39, 0.29) is 11.7 Å². The quantitative estimate of drug-likeness (QED) is 0.664. The number of hydrogen-bond acceptors (Lipinski definition) is 4. The van der Waals surface area contributed by atoms with Crippen LogP contribution in [0.25, 0.3) is 11.3 Å². The van der Waals surface area contributed by atoms with E-state index in [4.69, 9.17) is 9.15 Å². The van der Waals surface area contributed by atoms with Gasteiger partial charge in [0, 0.05) is 12.1 Å². The zero-order valence-electron chi connectivity index (χ0n) is 16.4. The van der Waals surface area contributed by atoms with Crippen LogP contribution in [-0.4, -0.2) is 39.0 Å². The van der Waals surface area contributed by atoms with Crippen molar-refractivity contribution in [1.29, 1.82) is 0 Å². The van der Waals surface area contributed by atoms with Crippen molar-refractivity contribution in [2.45, 2.75) is 39.0 Å². The third-order valence-electron chi connectivity index (χ3n) is 5.89. The van der Waals surface area contributed by atoms with Crippen molar-refractivity contribution < 1.29 is 18.3 Å². The fourth-order valence-corrected chi connectivity index (χ4v) is 4.41. The summed E-state index contributed by atoms with van der Waals surface area (Å²) in [5.74, 6) is 1.89. The summed E-state index contributed by atoms with van der Waals surface area (Å²) >= 11 is 0. The maximum atomic E-state index is 13.7. The molecule has 4 heterocycles. The van der Waals surface area contributed by atoms with Crippen molar-refractivity contribution >= 4 is 5.91 Å². The van der Waals surface area contributed by atoms with Crippen LogP contribution < -0.4 is 0 Å². The molecule has 0 saturated carbocycles. The van der Waals surface area contributed by atoms with Gasteiger partial charge in [0.1, 0.15) is 35.4 Å².